The van der Waals surface area contributed by atoms with Gasteiger partial charge in [-0.1, -0.05) is 79.7 Å². The highest BCUT2D eigenvalue weighted by Gasteiger charge is 2.63. The number of β-lactam (4-membered cyclic amide) rings is 1. The van der Waals surface area contributed by atoms with E-state index in [0.717, 1.165) is 11.1 Å². The van der Waals surface area contributed by atoms with Crippen LogP contribution < -0.4 is 10.6 Å². The monoisotopic (exact) mass is 784 g/mol. The van der Waals surface area contributed by atoms with Crippen LogP contribution in [0.2, 0.25) is 0 Å². The lowest BCUT2D eigenvalue weighted by Gasteiger charge is -2.41. The topological polar surface area (TPSA) is 208 Å². The number of alkyl carbamates (subject to hydrolysis) is 1. The second-order valence-electron chi connectivity index (χ2n) is 14.5. The summed E-state index contributed by atoms with van der Waals surface area (Å²) in [6.45, 7) is 1.55. The minimum atomic E-state index is -1.15. The molecule has 0 saturated carbocycles. The molecule has 3 amide bonds. The van der Waals surface area contributed by atoms with Gasteiger partial charge in [0.15, 0.2) is 29.1 Å². The maximum absolute atomic E-state index is 14.4. The van der Waals surface area contributed by atoms with Crippen LogP contribution in [-0.4, -0.2) is 72.9 Å². The number of amides is 3. The molecular weight excluding hydrogens is 745 g/mol. The van der Waals surface area contributed by atoms with E-state index >= 15 is 0 Å². The van der Waals surface area contributed by atoms with Crippen molar-refractivity contribution in [2.24, 2.45) is 5.41 Å². The number of fused-ring (bicyclic) bond motifs is 1. The van der Waals surface area contributed by atoms with Gasteiger partial charge in [-0.25, -0.2) is 9.59 Å². The van der Waals surface area contributed by atoms with Gasteiger partial charge in [0.25, 0.3) is 11.8 Å². The number of carbonyl (C=O) groups is 4. The van der Waals surface area contributed by atoms with Crippen molar-refractivity contribution in [3.8, 4) is 23.0 Å². The van der Waals surface area contributed by atoms with Crippen molar-refractivity contribution in [2.75, 3.05) is 6.61 Å². The summed E-state index contributed by atoms with van der Waals surface area (Å²) in [5.41, 5.74) is 2.35. The standard InChI is InChI=1S/C44H40N4O10/c1-44(25-57-43(56)47-24-27-13-15-35(50)37(52)19-27)22-33-32(21-31-20-30(16-17-45-31)40(53)46-23-26-12-14-34(49)36(51)18-26)41(54)48(33)39(44)42(55)58-38(28-8-4-2-5-9-28)29-10-6-3-7-11-29/h2-21,33,38-39,49-52H,22-25H2,1H3,(H,46,53)(H,47,56)/b32-21+/t33?,39-,44-/m0/s1. The van der Waals surface area contributed by atoms with Crippen LogP contribution in [0.15, 0.2) is 121 Å². The van der Waals surface area contributed by atoms with E-state index in [1.54, 1.807) is 19.1 Å². The fraction of sp³-hybridized carbons (Fsp3) is 0.205. The predicted molar refractivity (Wildman–Crippen MR) is 209 cm³/mol. The Balaban J connectivity index is 1.11. The number of aromatic nitrogens is 1. The van der Waals surface area contributed by atoms with Crippen molar-refractivity contribution in [2.45, 2.75) is 44.6 Å². The Morgan fingerprint density at radius 3 is 1.98 bits per heavy atom. The van der Waals surface area contributed by atoms with Crippen molar-refractivity contribution in [1.82, 2.24) is 20.5 Å². The molecule has 4 aromatic carbocycles. The van der Waals surface area contributed by atoms with Crippen LogP contribution in [0.5, 0.6) is 23.0 Å². The first kappa shape index (κ1) is 38.9. The number of pyridine rings is 1. The first-order chi connectivity index (χ1) is 27.9. The first-order valence-corrected chi connectivity index (χ1v) is 18.4. The van der Waals surface area contributed by atoms with Gasteiger partial charge in [-0.3, -0.25) is 14.6 Å². The third-order valence-corrected chi connectivity index (χ3v) is 10.3. The van der Waals surface area contributed by atoms with Gasteiger partial charge in [-0.15, -0.1) is 0 Å². The summed E-state index contributed by atoms with van der Waals surface area (Å²) in [4.78, 5) is 60.3. The predicted octanol–water partition coefficient (Wildman–Crippen LogP) is 5.47. The highest BCUT2D eigenvalue weighted by atomic mass is 16.6. The molecule has 0 radical (unpaired) electrons. The van der Waals surface area contributed by atoms with Gasteiger partial charge in [-0.05, 0) is 71.1 Å². The number of rotatable bonds is 12. The second kappa shape index (κ2) is 16.4. The van der Waals surface area contributed by atoms with E-state index in [-0.39, 0.29) is 54.7 Å². The molecule has 14 nitrogen and oxygen atoms in total. The van der Waals surface area contributed by atoms with E-state index in [9.17, 15) is 39.6 Å². The fourth-order valence-electron chi connectivity index (χ4n) is 7.30. The largest absolute Gasteiger partial charge is 0.504 e. The second-order valence-corrected chi connectivity index (χ2v) is 14.5. The number of phenols is 4. The van der Waals surface area contributed by atoms with Gasteiger partial charge in [0, 0.05) is 35.8 Å². The maximum atomic E-state index is 14.4. The van der Waals surface area contributed by atoms with Crippen molar-refractivity contribution >= 4 is 30.0 Å². The molecule has 7 rings (SSSR count). The molecular formula is C44H40N4O10. The first-order valence-electron chi connectivity index (χ1n) is 18.4. The zero-order chi connectivity index (χ0) is 41.0. The number of nitrogens with zero attached hydrogens (tertiary/aromatic N) is 2. The summed E-state index contributed by atoms with van der Waals surface area (Å²) in [6, 6.07) is 28.1. The Labute approximate surface area is 333 Å². The van der Waals surface area contributed by atoms with Gasteiger partial charge in [-0.2, -0.15) is 0 Å². The molecule has 1 aromatic heterocycles. The number of esters is 1. The molecule has 2 fully saturated rings. The normalized spacial score (nSPS) is 19.0. The quantitative estimate of drug-likeness (QED) is 0.0405. The van der Waals surface area contributed by atoms with Crippen molar-refractivity contribution in [3.05, 3.63) is 154 Å². The molecule has 58 heavy (non-hydrogen) atoms. The lowest BCUT2D eigenvalue weighted by Crippen LogP contribution is -2.58. The van der Waals surface area contributed by atoms with Crippen LogP contribution in [0.4, 0.5) is 4.79 Å². The Kier molecular flexibility index (Phi) is 11.0. The summed E-state index contributed by atoms with van der Waals surface area (Å²) in [7, 11) is 0. The molecule has 2 aliphatic rings. The Morgan fingerprint density at radius 1 is 0.810 bits per heavy atom. The SMILES string of the molecule is C[C@@]1(COC(=O)NCc2ccc(O)c(O)c2)CC2/C(=C\c3cc(C(=O)NCc4ccc(O)c(O)c4)ccn3)C(=O)N2[C@H]1C(=O)OC(c1ccccc1)c1ccccc1. The van der Waals surface area contributed by atoms with Gasteiger partial charge in [0.05, 0.1) is 11.7 Å². The number of hydrogen-bond acceptors (Lipinski definition) is 11. The van der Waals surface area contributed by atoms with E-state index < -0.39 is 47.5 Å². The number of hydrogen-bond donors (Lipinski definition) is 6. The lowest BCUT2D eigenvalue weighted by atomic mass is 9.81. The molecule has 6 N–H and O–H groups in total. The van der Waals surface area contributed by atoms with Crippen LogP contribution in [0, 0.1) is 5.41 Å². The summed E-state index contributed by atoms with van der Waals surface area (Å²) >= 11 is 0. The van der Waals surface area contributed by atoms with Gasteiger partial charge in [0.1, 0.15) is 12.6 Å². The minimum absolute atomic E-state index is 0.0186. The van der Waals surface area contributed by atoms with E-state index in [2.05, 4.69) is 15.6 Å². The Hall–Kier alpha value is -7.35. The van der Waals surface area contributed by atoms with E-state index in [1.165, 1.54) is 53.6 Å². The average Bonchev–Trinajstić information content (AvgIpc) is 3.52. The zero-order valence-corrected chi connectivity index (χ0v) is 31.2. The molecule has 2 aliphatic heterocycles. The summed E-state index contributed by atoms with van der Waals surface area (Å²) in [6.07, 6.45) is 1.64. The fourth-order valence-corrected chi connectivity index (χ4v) is 7.30. The molecule has 1 unspecified atom stereocenters. The minimum Gasteiger partial charge on any atom is -0.504 e. The Bertz CT molecular complexity index is 2350. The van der Waals surface area contributed by atoms with Crippen LogP contribution in [0.1, 0.15) is 57.8 Å². The molecule has 2 saturated heterocycles. The number of benzene rings is 4. The molecule has 296 valence electrons. The smallest absolute Gasteiger partial charge is 0.407 e. The molecule has 3 atom stereocenters. The third-order valence-electron chi connectivity index (χ3n) is 10.3. The molecule has 3 heterocycles. The summed E-state index contributed by atoms with van der Waals surface area (Å²) < 4.78 is 11.9. The number of phenolic OH excluding ortho intramolecular Hbond substituents is 4. The van der Waals surface area contributed by atoms with Gasteiger partial charge >= 0.3 is 12.1 Å². The molecule has 14 heteroatoms. The maximum Gasteiger partial charge on any atom is 0.407 e. The zero-order valence-electron chi connectivity index (χ0n) is 31.2. The Morgan fingerprint density at radius 2 is 1.40 bits per heavy atom. The number of nitrogens with one attached hydrogen (secondary N) is 2. The average molecular weight is 785 g/mol. The van der Waals surface area contributed by atoms with Gasteiger partial charge in [0.2, 0.25) is 0 Å². The number of carbonyl (C=O) groups excluding carboxylic acids is 4. The van der Waals surface area contributed by atoms with Crippen LogP contribution in [-0.2, 0) is 32.2 Å². The summed E-state index contributed by atoms with van der Waals surface area (Å²) in [5, 5.41) is 44.2. The van der Waals surface area contributed by atoms with Crippen LogP contribution in [0.3, 0.4) is 0 Å². The highest BCUT2D eigenvalue weighted by Crippen LogP contribution is 2.51. The van der Waals surface area contributed by atoms with Crippen LogP contribution in [0.25, 0.3) is 6.08 Å². The third kappa shape index (κ3) is 8.26. The molecule has 5 aromatic rings. The van der Waals surface area contributed by atoms with Crippen molar-refractivity contribution in [1.29, 1.82) is 0 Å². The number of ether oxygens (including phenoxy) is 2. The lowest BCUT2D eigenvalue weighted by molar-refractivity contribution is -0.163. The number of aromatic hydroxyl groups is 4. The molecule has 0 aliphatic carbocycles. The van der Waals surface area contributed by atoms with Crippen molar-refractivity contribution < 1.29 is 49.1 Å². The summed E-state index contributed by atoms with van der Waals surface area (Å²) in [5.74, 6) is -2.78. The van der Waals surface area contributed by atoms with Crippen LogP contribution >= 0.6 is 0 Å². The van der Waals surface area contributed by atoms with Crippen molar-refractivity contribution in [3.63, 3.8) is 0 Å². The van der Waals surface area contributed by atoms with E-state index in [4.69, 9.17) is 9.47 Å². The van der Waals surface area contributed by atoms with Gasteiger partial charge < -0.3 is 45.4 Å². The van der Waals surface area contributed by atoms with E-state index in [0.29, 0.717) is 22.4 Å². The molecule has 0 bridgehead atoms. The molecule has 0 spiro atoms. The van der Waals surface area contributed by atoms with E-state index in [1.807, 2.05) is 60.7 Å². The highest BCUT2D eigenvalue weighted by molar-refractivity contribution is 6.08.